The van der Waals surface area contributed by atoms with Gasteiger partial charge in [0.25, 0.3) is 11.6 Å². The molecule has 0 bridgehead atoms. The van der Waals surface area contributed by atoms with Crippen molar-refractivity contribution in [2.75, 3.05) is 5.32 Å². The molecule has 0 aliphatic heterocycles. The Hall–Kier alpha value is -2.76. The maximum absolute atomic E-state index is 13.0. The molecule has 6 heteroatoms. The Labute approximate surface area is 145 Å². The highest BCUT2D eigenvalue weighted by molar-refractivity contribution is 6.12. The molecular weight excluding hydrogens is 316 g/mol. The zero-order valence-corrected chi connectivity index (χ0v) is 14.4. The van der Waals surface area contributed by atoms with Crippen molar-refractivity contribution >= 4 is 22.8 Å². The average molecular weight is 336 g/mol. The van der Waals surface area contributed by atoms with Crippen LogP contribution in [0.15, 0.2) is 28.9 Å². The van der Waals surface area contributed by atoms with Gasteiger partial charge in [-0.25, -0.2) is 9.97 Å². The largest absolute Gasteiger partial charge is 0.336 e. The fourth-order valence-electron chi connectivity index (χ4n) is 3.00. The van der Waals surface area contributed by atoms with E-state index in [1.54, 1.807) is 6.20 Å². The highest BCUT2D eigenvalue weighted by Crippen LogP contribution is 2.40. The van der Waals surface area contributed by atoms with Gasteiger partial charge in [0.1, 0.15) is 5.82 Å². The zero-order valence-electron chi connectivity index (χ0n) is 14.4. The van der Waals surface area contributed by atoms with Crippen LogP contribution in [0.1, 0.15) is 59.4 Å². The van der Waals surface area contributed by atoms with Crippen molar-refractivity contribution in [1.82, 2.24) is 15.1 Å². The van der Waals surface area contributed by atoms with Crippen molar-refractivity contribution in [1.29, 1.82) is 0 Å². The Morgan fingerprint density at radius 2 is 2.24 bits per heavy atom. The first kappa shape index (κ1) is 15.7. The third kappa shape index (κ3) is 2.99. The second-order valence-electron chi connectivity index (χ2n) is 6.55. The van der Waals surface area contributed by atoms with E-state index in [0.717, 1.165) is 48.0 Å². The summed E-state index contributed by atoms with van der Waals surface area (Å²) in [7, 11) is 0. The first-order valence-corrected chi connectivity index (χ1v) is 8.69. The van der Waals surface area contributed by atoms with Gasteiger partial charge in [0.15, 0.2) is 0 Å². The van der Waals surface area contributed by atoms with Crippen molar-refractivity contribution in [2.45, 2.75) is 45.4 Å². The van der Waals surface area contributed by atoms with Gasteiger partial charge < -0.3 is 9.84 Å². The lowest BCUT2D eigenvalue weighted by atomic mass is 10.0. The van der Waals surface area contributed by atoms with Gasteiger partial charge >= 0.3 is 0 Å². The molecule has 128 valence electrons. The number of carbonyl (C=O) groups excluding carboxylic acids is 1. The van der Waals surface area contributed by atoms with Gasteiger partial charge in [-0.1, -0.05) is 24.6 Å². The van der Waals surface area contributed by atoms with E-state index in [9.17, 15) is 4.79 Å². The van der Waals surface area contributed by atoms with E-state index in [1.807, 2.05) is 25.1 Å². The first-order valence-electron chi connectivity index (χ1n) is 8.69. The Morgan fingerprint density at radius 3 is 2.96 bits per heavy atom. The van der Waals surface area contributed by atoms with E-state index in [0.29, 0.717) is 23.0 Å². The number of aromatic nitrogens is 3. The molecule has 0 aromatic carbocycles. The number of rotatable bonds is 5. The number of nitrogens with one attached hydrogen (secondary N) is 1. The molecule has 3 heterocycles. The molecule has 0 unspecified atom stereocenters. The molecule has 1 N–H and O–H groups in total. The topological polar surface area (TPSA) is 80.9 Å². The molecule has 1 aliphatic rings. The number of hydrogen-bond acceptors (Lipinski definition) is 5. The molecular formula is C19H20N4O2. The SMILES string of the molecule is CCCc1noc2nc(C3CC3)cc(C(=O)Nc3ncccc3C)c12. The van der Waals surface area contributed by atoms with Crippen LogP contribution in [0.5, 0.6) is 0 Å². The quantitative estimate of drug-likeness (QED) is 0.761. The van der Waals surface area contributed by atoms with E-state index in [4.69, 9.17) is 4.52 Å². The fraction of sp³-hybridized carbons (Fsp3) is 0.368. The predicted octanol–water partition coefficient (Wildman–Crippen LogP) is 4.01. The number of anilines is 1. The maximum atomic E-state index is 13.0. The molecule has 0 atom stereocenters. The van der Waals surface area contributed by atoms with Crippen LogP contribution < -0.4 is 5.32 Å². The molecule has 1 fully saturated rings. The molecule has 0 spiro atoms. The Balaban J connectivity index is 1.79. The number of pyridine rings is 2. The van der Waals surface area contributed by atoms with Gasteiger partial charge in [-0.05, 0) is 43.9 Å². The molecule has 3 aromatic heterocycles. The molecule has 6 nitrogen and oxygen atoms in total. The van der Waals surface area contributed by atoms with Crippen LogP contribution in [0, 0.1) is 6.92 Å². The lowest BCUT2D eigenvalue weighted by Gasteiger charge is -2.09. The highest BCUT2D eigenvalue weighted by atomic mass is 16.5. The molecule has 0 radical (unpaired) electrons. The summed E-state index contributed by atoms with van der Waals surface area (Å²) in [6.45, 7) is 3.99. The smallest absolute Gasteiger partial charge is 0.259 e. The van der Waals surface area contributed by atoms with E-state index < -0.39 is 0 Å². The third-order valence-corrected chi connectivity index (χ3v) is 4.51. The van der Waals surface area contributed by atoms with E-state index in [-0.39, 0.29) is 5.91 Å². The van der Waals surface area contributed by atoms with Crippen molar-refractivity contribution < 1.29 is 9.32 Å². The van der Waals surface area contributed by atoms with Crippen LogP contribution in [0.25, 0.3) is 11.1 Å². The number of aryl methyl sites for hydroxylation is 2. The Kier molecular flexibility index (Phi) is 3.95. The van der Waals surface area contributed by atoms with Crippen LogP contribution in [-0.4, -0.2) is 21.0 Å². The number of nitrogens with zero attached hydrogens (tertiary/aromatic N) is 3. The van der Waals surface area contributed by atoms with Crippen LogP contribution in [0.2, 0.25) is 0 Å². The molecule has 1 saturated carbocycles. The lowest BCUT2D eigenvalue weighted by Crippen LogP contribution is -2.15. The van der Waals surface area contributed by atoms with E-state index >= 15 is 0 Å². The summed E-state index contributed by atoms with van der Waals surface area (Å²) in [4.78, 5) is 21.8. The number of fused-ring (bicyclic) bond motifs is 1. The number of carbonyl (C=O) groups is 1. The Morgan fingerprint density at radius 1 is 1.40 bits per heavy atom. The molecule has 3 aromatic rings. The van der Waals surface area contributed by atoms with Crippen LogP contribution in [-0.2, 0) is 6.42 Å². The minimum Gasteiger partial charge on any atom is -0.336 e. The Bertz CT molecular complexity index is 944. The van der Waals surface area contributed by atoms with Gasteiger partial charge in [-0.2, -0.15) is 0 Å². The second-order valence-corrected chi connectivity index (χ2v) is 6.55. The fourth-order valence-corrected chi connectivity index (χ4v) is 3.00. The van der Waals surface area contributed by atoms with Gasteiger partial charge in [-0.15, -0.1) is 0 Å². The summed E-state index contributed by atoms with van der Waals surface area (Å²) in [5.74, 6) is 0.794. The number of hydrogen-bond donors (Lipinski definition) is 1. The van der Waals surface area contributed by atoms with Gasteiger partial charge in [0.2, 0.25) is 0 Å². The monoisotopic (exact) mass is 336 g/mol. The van der Waals surface area contributed by atoms with E-state index in [1.165, 1.54) is 0 Å². The normalized spacial score (nSPS) is 14.0. The van der Waals surface area contributed by atoms with Crippen LogP contribution >= 0.6 is 0 Å². The summed E-state index contributed by atoms with van der Waals surface area (Å²) < 4.78 is 5.43. The molecule has 25 heavy (non-hydrogen) atoms. The molecule has 1 amide bonds. The van der Waals surface area contributed by atoms with Crippen molar-refractivity contribution in [2.24, 2.45) is 0 Å². The maximum Gasteiger partial charge on any atom is 0.259 e. The van der Waals surface area contributed by atoms with Crippen LogP contribution in [0.4, 0.5) is 5.82 Å². The van der Waals surface area contributed by atoms with Gasteiger partial charge in [-0.3, -0.25) is 4.79 Å². The average Bonchev–Trinajstić information content (AvgIpc) is 3.39. The summed E-state index contributed by atoms with van der Waals surface area (Å²) >= 11 is 0. The van der Waals surface area contributed by atoms with Crippen molar-refractivity contribution in [3.63, 3.8) is 0 Å². The van der Waals surface area contributed by atoms with E-state index in [2.05, 4.69) is 27.4 Å². The highest BCUT2D eigenvalue weighted by Gasteiger charge is 2.29. The van der Waals surface area contributed by atoms with Crippen LogP contribution in [0.3, 0.4) is 0 Å². The van der Waals surface area contributed by atoms with Gasteiger partial charge in [0.05, 0.1) is 16.6 Å². The minimum atomic E-state index is -0.198. The van der Waals surface area contributed by atoms with Crippen molar-refractivity contribution in [3.05, 3.63) is 46.9 Å². The third-order valence-electron chi connectivity index (χ3n) is 4.51. The molecule has 4 rings (SSSR count). The van der Waals surface area contributed by atoms with Crippen molar-refractivity contribution in [3.8, 4) is 0 Å². The summed E-state index contributed by atoms with van der Waals surface area (Å²) in [6.07, 6.45) is 5.55. The number of amides is 1. The summed E-state index contributed by atoms with van der Waals surface area (Å²) in [6, 6.07) is 5.66. The predicted molar refractivity (Wildman–Crippen MR) is 94.7 cm³/mol. The van der Waals surface area contributed by atoms with Gasteiger partial charge in [0, 0.05) is 17.8 Å². The minimum absolute atomic E-state index is 0.198. The first-order chi connectivity index (χ1) is 12.2. The second kappa shape index (κ2) is 6.27. The summed E-state index contributed by atoms with van der Waals surface area (Å²) in [5, 5.41) is 7.78. The summed E-state index contributed by atoms with van der Waals surface area (Å²) in [5.41, 5.74) is 3.64. The lowest BCUT2D eigenvalue weighted by molar-refractivity contribution is 0.102. The zero-order chi connectivity index (χ0) is 17.4. The molecule has 1 aliphatic carbocycles. The standard InChI is InChI=1S/C19H20N4O2/c1-3-5-14-16-13(18(24)22-17-11(2)6-4-9-20-17)10-15(12-7-8-12)21-19(16)25-23-14/h4,6,9-10,12H,3,5,7-8H2,1-2H3,(H,20,22,24). The molecule has 0 saturated heterocycles.